The summed E-state index contributed by atoms with van der Waals surface area (Å²) in [7, 11) is 3.65. The van der Waals surface area contributed by atoms with Gasteiger partial charge in [-0.15, -0.1) is 0 Å². The van der Waals surface area contributed by atoms with Crippen molar-refractivity contribution in [2.45, 2.75) is 25.3 Å². The van der Waals surface area contributed by atoms with E-state index in [1.54, 1.807) is 7.11 Å². The highest BCUT2D eigenvalue weighted by atomic mass is 79.9. The fourth-order valence-corrected chi connectivity index (χ4v) is 4.34. The molecule has 0 unspecified atom stereocenters. The van der Waals surface area contributed by atoms with Crippen molar-refractivity contribution in [3.05, 3.63) is 25.0 Å². The molecule has 1 N–H and O–H groups in total. The number of carbonyl (C=O) groups is 1. The first-order valence-electron chi connectivity index (χ1n) is 7.14. The summed E-state index contributed by atoms with van der Waals surface area (Å²) in [5, 5.41) is 3.03. The van der Waals surface area contributed by atoms with E-state index in [0.717, 1.165) is 50.5 Å². The normalized spacial score (nSPS) is 18.5. The number of likely N-dealkylation sites (N-methyl/N-ethyl adjacent to an activating group) is 1. The van der Waals surface area contributed by atoms with Crippen LogP contribution in [-0.4, -0.2) is 44.1 Å². The van der Waals surface area contributed by atoms with Crippen molar-refractivity contribution in [2.24, 2.45) is 0 Å². The molecule has 1 fully saturated rings. The van der Waals surface area contributed by atoms with Gasteiger partial charge in [-0.3, -0.25) is 9.69 Å². The van der Waals surface area contributed by atoms with Crippen LogP contribution < -0.4 is 10.1 Å². The van der Waals surface area contributed by atoms with Gasteiger partial charge >= 0.3 is 0 Å². The summed E-state index contributed by atoms with van der Waals surface area (Å²) in [5.74, 6) is 0.895. The van der Waals surface area contributed by atoms with Gasteiger partial charge in [-0.05, 0) is 92.3 Å². The summed E-state index contributed by atoms with van der Waals surface area (Å²) in [6.45, 7) is 1.61. The Morgan fingerprint density at radius 3 is 2.68 bits per heavy atom. The molecule has 0 saturated carbocycles. The van der Waals surface area contributed by atoms with Gasteiger partial charge in [0.05, 0.1) is 17.6 Å². The highest BCUT2D eigenvalue weighted by Crippen LogP contribution is 2.40. The molecule has 0 aromatic heterocycles. The Morgan fingerprint density at radius 2 is 2.09 bits per heavy atom. The van der Waals surface area contributed by atoms with E-state index >= 15 is 0 Å². The number of nitrogens with one attached hydrogen (secondary N) is 1. The number of amides is 1. The van der Waals surface area contributed by atoms with Crippen LogP contribution in [0.4, 0.5) is 0 Å². The first-order chi connectivity index (χ1) is 10.5. The lowest BCUT2D eigenvalue weighted by atomic mass is 10.1. The van der Waals surface area contributed by atoms with E-state index in [-0.39, 0.29) is 11.9 Å². The van der Waals surface area contributed by atoms with Gasteiger partial charge in [0.2, 0.25) is 5.91 Å². The number of likely N-dealkylation sites (tertiary alicyclic amines) is 1. The molecule has 1 atom stereocenters. The zero-order chi connectivity index (χ0) is 16.3. The van der Waals surface area contributed by atoms with Gasteiger partial charge in [-0.2, -0.15) is 0 Å². The molecule has 0 bridgehead atoms. The molecule has 1 aromatic carbocycles. The molecule has 2 rings (SSSR count). The zero-order valence-corrected chi connectivity index (χ0v) is 17.3. The van der Waals surface area contributed by atoms with Crippen molar-refractivity contribution in [1.82, 2.24) is 10.2 Å². The highest BCUT2D eigenvalue weighted by Gasteiger charge is 2.27. The van der Waals surface area contributed by atoms with E-state index in [4.69, 9.17) is 4.74 Å². The van der Waals surface area contributed by atoms with Crippen molar-refractivity contribution < 1.29 is 9.53 Å². The van der Waals surface area contributed by atoms with Crippen LogP contribution in [-0.2, 0) is 11.2 Å². The Hall–Kier alpha value is -0.110. The van der Waals surface area contributed by atoms with Gasteiger partial charge in [0.25, 0.3) is 0 Å². The van der Waals surface area contributed by atoms with Gasteiger partial charge in [0.1, 0.15) is 5.75 Å². The summed E-state index contributed by atoms with van der Waals surface area (Å²) >= 11 is 10.6. The summed E-state index contributed by atoms with van der Waals surface area (Å²) in [4.78, 5) is 14.3. The summed E-state index contributed by atoms with van der Waals surface area (Å²) in [6.07, 6.45) is 2.78. The van der Waals surface area contributed by atoms with Crippen LogP contribution in [0.15, 0.2) is 19.5 Å². The summed E-state index contributed by atoms with van der Waals surface area (Å²) < 4.78 is 8.13. The number of hydrogen-bond donors (Lipinski definition) is 1. The van der Waals surface area contributed by atoms with E-state index in [1.807, 2.05) is 13.1 Å². The Bertz CT molecular complexity index is 566. The van der Waals surface area contributed by atoms with E-state index in [1.165, 1.54) is 0 Å². The fraction of sp³-hybridized carbons (Fsp3) is 0.533. The summed E-state index contributed by atoms with van der Waals surface area (Å²) in [6, 6.07) is 2.00. The van der Waals surface area contributed by atoms with Crippen molar-refractivity contribution in [3.8, 4) is 5.75 Å². The summed E-state index contributed by atoms with van der Waals surface area (Å²) in [5.41, 5.74) is 1.09. The quantitative estimate of drug-likeness (QED) is 0.629. The molecule has 122 valence electrons. The van der Waals surface area contributed by atoms with Crippen molar-refractivity contribution >= 4 is 53.7 Å². The molecule has 1 aliphatic heterocycles. The van der Waals surface area contributed by atoms with Crippen molar-refractivity contribution in [1.29, 1.82) is 0 Å². The van der Waals surface area contributed by atoms with Crippen LogP contribution in [0.3, 0.4) is 0 Å². The Morgan fingerprint density at radius 1 is 1.36 bits per heavy atom. The van der Waals surface area contributed by atoms with Gasteiger partial charge in [0, 0.05) is 15.5 Å². The number of halogens is 3. The molecule has 1 heterocycles. The maximum absolute atomic E-state index is 12.2. The Kier molecular flexibility index (Phi) is 6.73. The predicted octanol–water partition coefficient (Wildman–Crippen LogP) is 3.74. The molecule has 4 nitrogen and oxygen atoms in total. The maximum atomic E-state index is 12.2. The Balaban J connectivity index is 1.97. The van der Waals surface area contributed by atoms with Crippen LogP contribution >= 0.6 is 47.8 Å². The van der Waals surface area contributed by atoms with E-state index in [0.29, 0.717) is 6.54 Å². The average molecular weight is 499 g/mol. The van der Waals surface area contributed by atoms with Gasteiger partial charge < -0.3 is 10.1 Å². The maximum Gasteiger partial charge on any atom is 0.237 e. The zero-order valence-electron chi connectivity index (χ0n) is 12.6. The van der Waals surface area contributed by atoms with Gasteiger partial charge in [0.15, 0.2) is 0 Å². The first-order valence-corrected chi connectivity index (χ1v) is 9.52. The lowest BCUT2D eigenvalue weighted by Gasteiger charge is -2.19. The topological polar surface area (TPSA) is 41.6 Å². The average Bonchev–Trinajstić information content (AvgIpc) is 2.93. The number of carbonyl (C=O) groups excluding carboxylic acids is 1. The largest absolute Gasteiger partial charge is 0.496 e. The number of hydrogen-bond acceptors (Lipinski definition) is 3. The Labute approximate surface area is 156 Å². The minimum absolute atomic E-state index is 0.0228. The molecule has 1 amide bonds. The van der Waals surface area contributed by atoms with E-state index in [2.05, 4.69) is 58.0 Å². The molecule has 7 heteroatoms. The molecule has 1 aliphatic rings. The first kappa shape index (κ1) is 18.2. The van der Waals surface area contributed by atoms with E-state index < -0.39 is 0 Å². The second-order valence-corrected chi connectivity index (χ2v) is 7.74. The van der Waals surface area contributed by atoms with Crippen LogP contribution in [0.2, 0.25) is 0 Å². The SMILES string of the molecule is COc1cc(CCNC(=O)[C@@H]2CCCN2C)c(Br)c(Br)c1Br. The number of nitrogens with zero attached hydrogens (tertiary/aromatic N) is 1. The molecule has 1 saturated heterocycles. The molecule has 0 radical (unpaired) electrons. The molecule has 1 aromatic rings. The number of rotatable bonds is 5. The molecular weight excluding hydrogens is 480 g/mol. The molecule has 22 heavy (non-hydrogen) atoms. The van der Waals surface area contributed by atoms with Gasteiger partial charge in [-0.1, -0.05) is 0 Å². The minimum atomic E-state index is 0.0228. The third-order valence-corrected chi connectivity index (χ3v) is 7.48. The number of benzene rings is 1. The molecular formula is C15H19Br3N2O2. The smallest absolute Gasteiger partial charge is 0.237 e. The van der Waals surface area contributed by atoms with Crippen LogP contribution in [0.25, 0.3) is 0 Å². The number of methoxy groups -OCH3 is 1. The second-order valence-electron chi connectivity index (χ2n) is 5.36. The van der Waals surface area contributed by atoms with Crippen LogP contribution in [0, 0.1) is 0 Å². The van der Waals surface area contributed by atoms with Crippen LogP contribution in [0.5, 0.6) is 5.75 Å². The minimum Gasteiger partial charge on any atom is -0.496 e. The van der Waals surface area contributed by atoms with Crippen molar-refractivity contribution in [3.63, 3.8) is 0 Å². The predicted molar refractivity (Wildman–Crippen MR) is 98.5 cm³/mol. The highest BCUT2D eigenvalue weighted by molar-refractivity contribution is 9.14. The fourth-order valence-electron chi connectivity index (χ4n) is 2.64. The van der Waals surface area contributed by atoms with E-state index in [9.17, 15) is 4.79 Å². The molecule has 0 spiro atoms. The molecule has 0 aliphatic carbocycles. The number of ether oxygens (including phenoxy) is 1. The monoisotopic (exact) mass is 496 g/mol. The lowest BCUT2D eigenvalue weighted by Crippen LogP contribution is -2.42. The lowest BCUT2D eigenvalue weighted by molar-refractivity contribution is -0.125. The third-order valence-electron chi connectivity index (χ3n) is 3.93. The standard InChI is InChI=1S/C15H19Br3N2O2/c1-20-7-3-4-10(20)15(21)19-6-5-9-8-11(22-2)13(17)14(18)12(9)16/h8,10H,3-7H2,1-2H3,(H,19,21)/t10-/m0/s1. The van der Waals surface area contributed by atoms with Crippen LogP contribution in [0.1, 0.15) is 18.4 Å². The van der Waals surface area contributed by atoms with Gasteiger partial charge in [-0.25, -0.2) is 0 Å². The van der Waals surface area contributed by atoms with Crippen molar-refractivity contribution in [2.75, 3.05) is 27.2 Å². The third kappa shape index (κ3) is 4.04. The second kappa shape index (κ2) is 8.13.